The van der Waals surface area contributed by atoms with E-state index >= 15 is 0 Å². The minimum atomic E-state index is -3.95. The highest BCUT2D eigenvalue weighted by molar-refractivity contribution is 7.89. The second kappa shape index (κ2) is 7.45. The van der Waals surface area contributed by atoms with Crippen LogP contribution in [0, 0.1) is 28.8 Å². The number of hydrogen-bond acceptors (Lipinski definition) is 5. The highest BCUT2D eigenvalue weighted by atomic mass is 32.2. The van der Waals surface area contributed by atoms with E-state index in [0.29, 0.717) is 18.4 Å². The van der Waals surface area contributed by atoms with Gasteiger partial charge in [0, 0.05) is 5.56 Å². The zero-order chi connectivity index (χ0) is 19.5. The highest BCUT2D eigenvalue weighted by Gasteiger charge is 2.19. The van der Waals surface area contributed by atoms with Gasteiger partial charge in [0.1, 0.15) is 18.2 Å². The Balaban J connectivity index is 2.20. The van der Waals surface area contributed by atoms with Crippen LogP contribution in [0.15, 0.2) is 30.3 Å². The maximum Gasteiger partial charge on any atom is 0.267 e. The van der Waals surface area contributed by atoms with Crippen molar-refractivity contribution in [3.8, 4) is 11.8 Å². The lowest BCUT2D eigenvalue weighted by molar-refractivity contribution is 0.0977. The highest BCUT2D eigenvalue weighted by Crippen LogP contribution is 2.21. The van der Waals surface area contributed by atoms with Crippen molar-refractivity contribution >= 4 is 15.9 Å². The molecular formula is C16H11F3N2O4S. The van der Waals surface area contributed by atoms with Crippen LogP contribution in [0.5, 0.6) is 5.75 Å². The molecule has 0 fully saturated rings. The maximum atomic E-state index is 14.0. The van der Waals surface area contributed by atoms with Crippen LogP contribution in [0.3, 0.4) is 0 Å². The molecule has 0 aliphatic rings. The Hall–Kier alpha value is -3.06. The number of sulfonamides is 1. The Morgan fingerprint density at radius 1 is 1.15 bits per heavy atom. The van der Waals surface area contributed by atoms with E-state index in [-0.39, 0.29) is 16.9 Å². The Labute approximate surface area is 146 Å². The molecular weight excluding hydrogens is 373 g/mol. The molecule has 2 aromatic rings. The lowest BCUT2D eigenvalue weighted by Crippen LogP contribution is -2.30. The third-order valence-electron chi connectivity index (χ3n) is 3.10. The molecule has 6 nitrogen and oxygen atoms in total. The number of ether oxygens (including phenoxy) is 1. The SMILES string of the molecule is CS(=O)(=O)NC(=O)c1cc(F)c(COc2ccc(C#N)cc2F)cc1F. The van der Waals surface area contributed by atoms with E-state index in [0.717, 1.165) is 12.1 Å². The first-order valence-electron chi connectivity index (χ1n) is 6.93. The molecule has 0 saturated carbocycles. The number of rotatable bonds is 5. The van der Waals surface area contributed by atoms with Crippen LogP contribution < -0.4 is 9.46 Å². The molecule has 1 N–H and O–H groups in total. The van der Waals surface area contributed by atoms with Crippen molar-refractivity contribution in [3.63, 3.8) is 0 Å². The molecule has 2 aromatic carbocycles. The van der Waals surface area contributed by atoms with E-state index in [4.69, 9.17) is 10.00 Å². The number of carbonyl (C=O) groups is 1. The van der Waals surface area contributed by atoms with E-state index in [1.165, 1.54) is 10.8 Å². The van der Waals surface area contributed by atoms with Crippen LogP contribution in [0.4, 0.5) is 13.2 Å². The quantitative estimate of drug-likeness (QED) is 0.853. The number of nitriles is 1. The summed E-state index contributed by atoms with van der Waals surface area (Å²) in [5, 5.41) is 8.65. The van der Waals surface area contributed by atoms with Gasteiger partial charge < -0.3 is 4.74 Å². The van der Waals surface area contributed by atoms with Crippen LogP contribution in [0.1, 0.15) is 21.5 Å². The van der Waals surface area contributed by atoms with Gasteiger partial charge in [0.25, 0.3) is 5.91 Å². The van der Waals surface area contributed by atoms with Crippen molar-refractivity contribution in [1.82, 2.24) is 4.72 Å². The van der Waals surface area contributed by atoms with Gasteiger partial charge in [0.2, 0.25) is 10.0 Å². The van der Waals surface area contributed by atoms with Crippen molar-refractivity contribution in [3.05, 3.63) is 64.5 Å². The second-order valence-electron chi connectivity index (χ2n) is 5.17. The Morgan fingerprint density at radius 3 is 2.42 bits per heavy atom. The minimum Gasteiger partial charge on any atom is -0.486 e. The molecule has 0 spiro atoms. The average Bonchev–Trinajstić information content (AvgIpc) is 2.54. The molecule has 2 rings (SSSR count). The molecule has 0 saturated heterocycles. The van der Waals surface area contributed by atoms with Crippen molar-refractivity contribution in [2.24, 2.45) is 0 Å². The summed E-state index contributed by atoms with van der Waals surface area (Å²) in [7, 11) is -3.95. The van der Waals surface area contributed by atoms with Crippen LogP contribution in [-0.4, -0.2) is 20.6 Å². The first kappa shape index (κ1) is 19.3. The summed E-state index contributed by atoms with van der Waals surface area (Å²) in [4.78, 5) is 11.6. The Kier molecular flexibility index (Phi) is 5.52. The molecule has 0 aliphatic carbocycles. The Morgan fingerprint density at radius 2 is 1.85 bits per heavy atom. The third-order valence-corrected chi connectivity index (χ3v) is 3.66. The van der Waals surface area contributed by atoms with Gasteiger partial charge in [-0.05, 0) is 30.3 Å². The minimum absolute atomic E-state index is 0.0633. The standard InChI is InChI=1S/C16H11F3N2O4S/c1-26(23,24)21-16(22)11-6-12(17)10(5-13(11)18)8-25-15-3-2-9(7-20)4-14(15)19/h2-6H,8H2,1H3,(H,21,22). The number of benzene rings is 2. The molecule has 136 valence electrons. The van der Waals surface area contributed by atoms with Crippen LogP contribution in [-0.2, 0) is 16.6 Å². The van der Waals surface area contributed by atoms with Crippen molar-refractivity contribution in [1.29, 1.82) is 5.26 Å². The summed E-state index contributed by atoms with van der Waals surface area (Å²) in [6, 6.07) is 6.27. The van der Waals surface area contributed by atoms with E-state index < -0.39 is 45.6 Å². The van der Waals surface area contributed by atoms with Gasteiger partial charge in [-0.3, -0.25) is 4.79 Å². The van der Waals surface area contributed by atoms with Gasteiger partial charge in [-0.25, -0.2) is 26.3 Å². The number of halogens is 3. The topological polar surface area (TPSA) is 96.3 Å². The summed E-state index contributed by atoms with van der Waals surface area (Å²) in [6.07, 6.45) is 0.688. The molecule has 0 aromatic heterocycles. The van der Waals surface area contributed by atoms with Crippen molar-refractivity contribution < 1.29 is 31.1 Å². The zero-order valence-corrected chi connectivity index (χ0v) is 14.0. The molecule has 0 heterocycles. The average molecular weight is 384 g/mol. The number of nitrogens with zero attached hydrogens (tertiary/aromatic N) is 1. The first-order chi connectivity index (χ1) is 12.1. The van der Waals surface area contributed by atoms with Gasteiger partial charge in [-0.15, -0.1) is 0 Å². The zero-order valence-electron chi connectivity index (χ0n) is 13.2. The second-order valence-corrected chi connectivity index (χ2v) is 6.92. The lowest BCUT2D eigenvalue weighted by Gasteiger charge is -2.10. The van der Waals surface area contributed by atoms with Crippen LogP contribution >= 0.6 is 0 Å². The van der Waals surface area contributed by atoms with Gasteiger partial charge in [-0.1, -0.05) is 0 Å². The third kappa shape index (κ3) is 4.73. The molecule has 0 bridgehead atoms. The van der Waals surface area contributed by atoms with Crippen LogP contribution in [0.25, 0.3) is 0 Å². The van der Waals surface area contributed by atoms with Gasteiger partial charge in [0.15, 0.2) is 11.6 Å². The number of carbonyl (C=O) groups excluding carboxylic acids is 1. The van der Waals surface area contributed by atoms with E-state index in [1.54, 1.807) is 6.07 Å². The Bertz CT molecular complexity index is 1020. The molecule has 10 heteroatoms. The molecule has 0 radical (unpaired) electrons. The number of amides is 1. The largest absolute Gasteiger partial charge is 0.486 e. The summed E-state index contributed by atoms with van der Waals surface area (Å²) >= 11 is 0. The summed E-state index contributed by atoms with van der Waals surface area (Å²) in [5.74, 6) is -4.67. The molecule has 1 amide bonds. The van der Waals surface area contributed by atoms with Gasteiger partial charge in [0.05, 0.1) is 23.5 Å². The monoisotopic (exact) mass is 384 g/mol. The fourth-order valence-electron chi connectivity index (χ4n) is 1.94. The van der Waals surface area contributed by atoms with E-state index in [1.807, 2.05) is 0 Å². The first-order valence-corrected chi connectivity index (χ1v) is 8.82. The fraction of sp³-hybridized carbons (Fsp3) is 0.125. The van der Waals surface area contributed by atoms with Crippen molar-refractivity contribution in [2.75, 3.05) is 6.26 Å². The van der Waals surface area contributed by atoms with E-state index in [9.17, 15) is 26.4 Å². The summed E-state index contributed by atoms with van der Waals surface area (Å²) in [5.41, 5.74) is -1.06. The number of nitrogens with one attached hydrogen (secondary N) is 1. The lowest BCUT2D eigenvalue weighted by atomic mass is 10.1. The smallest absolute Gasteiger partial charge is 0.267 e. The van der Waals surface area contributed by atoms with Gasteiger partial charge in [-0.2, -0.15) is 5.26 Å². The molecule has 0 unspecified atom stereocenters. The normalized spacial score (nSPS) is 10.9. The number of hydrogen-bond donors (Lipinski definition) is 1. The van der Waals surface area contributed by atoms with Crippen LogP contribution in [0.2, 0.25) is 0 Å². The fourth-order valence-corrected chi connectivity index (χ4v) is 2.39. The molecule has 0 atom stereocenters. The maximum absolute atomic E-state index is 14.0. The van der Waals surface area contributed by atoms with E-state index in [2.05, 4.69) is 0 Å². The van der Waals surface area contributed by atoms with Gasteiger partial charge >= 0.3 is 0 Å². The predicted octanol–water partition coefficient (Wildman–Crippen LogP) is 2.24. The summed E-state index contributed by atoms with van der Waals surface area (Å²) < 4.78 is 70.3. The molecule has 26 heavy (non-hydrogen) atoms. The van der Waals surface area contributed by atoms with Crippen molar-refractivity contribution in [2.45, 2.75) is 6.61 Å². The predicted molar refractivity (Wildman–Crippen MR) is 84.1 cm³/mol. The molecule has 0 aliphatic heterocycles. The summed E-state index contributed by atoms with van der Waals surface area (Å²) in [6.45, 7) is -0.556.